The SMILES string of the molecule is CCC(C)C(NC(=O)C(N)Cc1ccccc1)C(=O)NC(C(=O)NC(C(=O)O)C(C)C)C(C)O. The molecule has 1 aromatic carbocycles. The van der Waals surface area contributed by atoms with Gasteiger partial charge in [0.1, 0.15) is 18.1 Å². The highest BCUT2D eigenvalue weighted by Crippen LogP contribution is 2.11. The Balaban J connectivity index is 2.95. The monoisotopic (exact) mass is 478 g/mol. The molecule has 0 fully saturated rings. The molecule has 0 spiro atoms. The van der Waals surface area contributed by atoms with E-state index in [0.29, 0.717) is 6.42 Å². The molecule has 0 aliphatic carbocycles. The highest BCUT2D eigenvalue weighted by molar-refractivity contribution is 5.94. The Morgan fingerprint density at radius 1 is 0.853 bits per heavy atom. The number of carbonyl (C=O) groups excluding carboxylic acids is 3. The number of carboxylic acid groups (broad SMARTS) is 1. The fourth-order valence-electron chi connectivity index (χ4n) is 3.33. The summed E-state index contributed by atoms with van der Waals surface area (Å²) in [5, 5.41) is 26.9. The van der Waals surface area contributed by atoms with Gasteiger partial charge in [0.15, 0.2) is 0 Å². The number of aliphatic hydroxyl groups is 1. The van der Waals surface area contributed by atoms with Crippen molar-refractivity contribution >= 4 is 23.7 Å². The molecule has 10 heteroatoms. The summed E-state index contributed by atoms with van der Waals surface area (Å²) in [6.07, 6.45) is -0.475. The third-order valence-corrected chi connectivity index (χ3v) is 5.72. The minimum absolute atomic E-state index is 0.284. The molecule has 0 aliphatic heterocycles. The van der Waals surface area contributed by atoms with E-state index >= 15 is 0 Å². The van der Waals surface area contributed by atoms with Crippen molar-refractivity contribution in [1.82, 2.24) is 16.0 Å². The van der Waals surface area contributed by atoms with E-state index in [1.54, 1.807) is 20.8 Å². The van der Waals surface area contributed by atoms with Gasteiger partial charge in [-0.1, -0.05) is 64.4 Å². The molecule has 6 atom stereocenters. The van der Waals surface area contributed by atoms with E-state index in [0.717, 1.165) is 5.56 Å². The number of rotatable bonds is 13. The average molecular weight is 479 g/mol. The van der Waals surface area contributed by atoms with Crippen molar-refractivity contribution in [3.05, 3.63) is 35.9 Å². The van der Waals surface area contributed by atoms with Gasteiger partial charge in [0, 0.05) is 0 Å². The van der Waals surface area contributed by atoms with Crippen LogP contribution < -0.4 is 21.7 Å². The van der Waals surface area contributed by atoms with Gasteiger partial charge in [-0.3, -0.25) is 14.4 Å². The molecule has 1 rings (SSSR count). The van der Waals surface area contributed by atoms with Gasteiger partial charge in [0.25, 0.3) is 0 Å². The van der Waals surface area contributed by atoms with Crippen molar-refractivity contribution in [2.45, 2.75) is 77.7 Å². The Bertz CT molecular complexity index is 830. The highest BCUT2D eigenvalue weighted by atomic mass is 16.4. The molecule has 0 aromatic heterocycles. The van der Waals surface area contributed by atoms with Crippen LogP contribution in [0.1, 0.15) is 46.6 Å². The fraction of sp³-hybridized carbons (Fsp3) is 0.583. The van der Waals surface area contributed by atoms with E-state index in [1.807, 2.05) is 37.3 Å². The summed E-state index contributed by atoms with van der Waals surface area (Å²) in [6, 6.07) is 4.73. The maximum atomic E-state index is 13.1. The Hall–Kier alpha value is -2.98. The zero-order valence-electron chi connectivity index (χ0n) is 20.4. The van der Waals surface area contributed by atoms with Gasteiger partial charge < -0.3 is 31.9 Å². The van der Waals surface area contributed by atoms with Crippen molar-refractivity contribution in [3.8, 4) is 0 Å². The fourth-order valence-corrected chi connectivity index (χ4v) is 3.33. The van der Waals surface area contributed by atoms with E-state index < -0.39 is 59.9 Å². The topological polar surface area (TPSA) is 171 Å². The molecule has 190 valence electrons. The molecule has 3 amide bonds. The lowest BCUT2D eigenvalue weighted by atomic mass is 9.96. The predicted molar refractivity (Wildman–Crippen MR) is 128 cm³/mol. The summed E-state index contributed by atoms with van der Waals surface area (Å²) in [5.41, 5.74) is 6.92. The minimum atomic E-state index is -1.41. The number of hydrogen-bond donors (Lipinski definition) is 6. The van der Waals surface area contributed by atoms with Crippen LogP contribution in [0.25, 0.3) is 0 Å². The lowest BCUT2D eigenvalue weighted by Gasteiger charge is -2.29. The Morgan fingerprint density at radius 3 is 1.82 bits per heavy atom. The van der Waals surface area contributed by atoms with Gasteiger partial charge in [-0.25, -0.2) is 4.79 Å². The first-order chi connectivity index (χ1) is 15.9. The molecule has 10 nitrogen and oxygen atoms in total. The van der Waals surface area contributed by atoms with Crippen LogP contribution in [0.2, 0.25) is 0 Å². The summed E-state index contributed by atoms with van der Waals surface area (Å²) in [5.74, 6) is -3.96. The summed E-state index contributed by atoms with van der Waals surface area (Å²) in [4.78, 5) is 49.9. The van der Waals surface area contributed by atoms with Crippen molar-refractivity contribution in [1.29, 1.82) is 0 Å². The number of carboxylic acids is 1. The second-order valence-corrected chi connectivity index (χ2v) is 8.96. The molecule has 0 saturated heterocycles. The van der Waals surface area contributed by atoms with Gasteiger partial charge >= 0.3 is 5.97 Å². The van der Waals surface area contributed by atoms with Gasteiger partial charge in [0.05, 0.1) is 12.1 Å². The second kappa shape index (κ2) is 13.7. The summed E-state index contributed by atoms with van der Waals surface area (Å²) < 4.78 is 0. The van der Waals surface area contributed by atoms with E-state index in [-0.39, 0.29) is 12.3 Å². The smallest absolute Gasteiger partial charge is 0.326 e. The van der Waals surface area contributed by atoms with Crippen molar-refractivity contribution in [2.24, 2.45) is 17.6 Å². The summed E-state index contributed by atoms with van der Waals surface area (Å²) in [6.45, 7) is 8.18. The summed E-state index contributed by atoms with van der Waals surface area (Å²) >= 11 is 0. The van der Waals surface area contributed by atoms with Crippen molar-refractivity contribution < 1.29 is 29.4 Å². The molecule has 1 aromatic rings. The van der Waals surface area contributed by atoms with E-state index in [2.05, 4.69) is 16.0 Å². The molecular weight excluding hydrogens is 440 g/mol. The van der Waals surface area contributed by atoms with Crippen LogP contribution in [0, 0.1) is 11.8 Å². The number of aliphatic hydroxyl groups excluding tert-OH is 1. The largest absolute Gasteiger partial charge is 0.480 e. The maximum Gasteiger partial charge on any atom is 0.326 e. The molecule has 6 unspecified atom stereocenters. The van der Waals surface area contributed by atoms with E-state index in [1.165, 1.54) is 6.92 Å². The van der Waals surface area contributed by atoms with Crippen LogP contribution in [0.4, 0.5) is 0 Å². The third-order valence-electron chi connectivity index (χ3n) is 5.72. The minimum Gasteiger partial charge on any atom is -0.480 e. The highest BCUT2D eigenvalue weighted by Gasteiger charge is 2.34. The van der Waals surface area contributed by atoms with Crippen molar-refractivity contribution in [3.63, 3.8) is 0 Å². The van der Waals surface area contributed by atoms with E-state index in [4.69, 9.17) is 5.73 Å². The number of amides is 3. The van der Waals surface area contributed by atoms with Gasteiger partial charge in [-0.15, -0.1) is 0 Å². The number of aliphatic carboxylic acids is 1. The van der Waals surface area contributed by atoms with Crippen LogP contribution in [0.15, 0.2) is 30.3 Å². The third kappa shape index (κ3) is 8.75. The molecule has 0 aliphatic rings. The van der Waals surface area contributed by atoms with Gasteiger partial charge in [0.2, 0.25) is 17.7 Å². The average Bonchev–Trinajstić information content (AvgIpc) is 2.78. The standard InChI is InChI=1S/C24H38N4O6/c1-6-14(4)19(27-21(30)17(25)12-16-10-8-7-9-11-16)22(31)28-20(15(5)29)23(32)26-18(13(2)3)24(33)34/h7-11,13-15,17-20,29H,6,12,25H2,1-5H3,(H,26,32)(H,27,30)(H,28,31)(H,33,34). The van der Waals surface area contributed by atoms with Gasteiger partial charge in [-0.05, 0) is 30.7 Å². The molecular formula is C24H38N4O6. The first-order valence-corrected chi connectivity index (χ1v) is 11.5. The Kier molecular flexibility index (Phi) is 11.7. The second-order valence-electron chi connectivity index (χ2n) is 8.96. The summed E-state index contributed by atoms with van der Waals surface area (Å²) in [7, 11) is 0. The van der Waals surface area contributed by atoms with Gasteiger partial charge in [-0.2, -0.15) is 0 Å². The van der Waals surface area contributed by atoms with Crippen molar-refractivity contribution in [2.75, 3.05) is 0 Å². The number of nitrogens with two attached hydrogens (primary N) is 1. The molecule has 0 bridgehead atoms. The number of carbonyl (C=O) groups is 4. The zero-order chi connectivity index (χ0) is 26.0. The van der Waals surface area contributed by atoms with Crippen LogP contribution in [0.3, 0.4) is 0 Å². The van der Waals surface area contributed by atoms with Crippen LogP contribution in [-0.4, -0.2) is 64.2 Å². The molecule has 34 heavy (non-hydrogen) atoms. The lowest BCUT2D eigenvalue weighted by Crippen LogP contribution is -2.61. The lowest BCUT2D eigenvalue weighted by molar-refractivity contribution is -0.144. The van der Waals surface area contributed by atoms with Crippen LogP contribution in [-0.2, 0) is 25.6 Å². The predicted octanol–water partition coefficient (Wildman–Crippen LogP) is 0.178. The van der Waals surface area contributed by atoms with E-state index in [9.17, 15) is 29.4 Å². The van der Waals surface area contributed by atoms with Crippen LogP contribution in [0.5, 0.6) is 0 Å². The number of nitrogens with one attached hydrogen (secondary N) is 3. The normalized spacial score (nSPS) is 16.5. The Labute approximate surface area is 200 Å². The number of benzene rings is 1. The molecule has 7 N–H and O–H groups in total. The first-order valence-electron chi connectivity index (χ1n) is 11.5. The molecule has 0 saturated carbocycles. The number of hydrogen-bond acceptors (Lipinski definition) is 6. The zero-order valence-corrected chi connectivity index (χ0v) is 20.4. The maximum absolute atomic E-state index is 13.1. The molecule has 0 heterocycles. The Morgan fingerprint density at radius 2 is 1.35 bits per heavy atom. The molecule has 0 radical (unpaired) electrons. The van der Waals surface area contributed by atoms with Crippen LogP contribution >= 0.6 is 0 Å². The quantitative estimate of drug-likeness (QED) is 0.235. The first kappa shape index (κ1) is 29.1.